The molecular weight excluding hydrogens is 204 g/mol. The fraction of sp³-hybridized carbons (Fsp3) is 0.583. The van der Waals surface area contributed by atoms with Crippen molar-refractivity contribution in [3.05, 3.63) is 17.9 Å². The molecule has 0 unspecified atom stereocenters. The first-order valence-corrected chi connectivity index (χ1v) is 5.41. The predicted molar refractivity (Wildman–Crippen MR) is 64.4 cm³/mol. The Labute approximate surface area is 96.4 Å². The van der Waals surface area contributed by atoms with Gasteiger partial charge in [-0.3, -0.25) is 9.69 Å². The molecule has 0 fully saturated rings. The monoisotopic (exact) mass is 224 g/mol. The van der Waals surface area contributed by atoms with Crippen LogP contribution in [0.4, 0.5) is 5.88 Å². The van der Waals surface area contributed by atoms with Crippen molar-refractivity contribution in [3.63, 3.8) is 0 Å². The number of amides is 1. The summed E-state index contributed by atoms with van der Waals surface area (Å²) in [5, 5.41) is 0. The van der Waals surface area contributed by atoms with Gasteiger partial charge in [-0.15, -0.1) is 0 Å². The normalized spacial score (nSPS) is 11.6. The Balaban J connectivity index is 2.55. The lowest BCUT2D eigenvalue weighted by Gasteiger charge is -2.20. The summed E-state index contributed by atoms with van der Waals surface area (Å²) < 4.78 is 5.37. The van der Waals surface area contributed by atoms with Crippen molar-refractivity contribution in [2.24, 2.45) is 5.73 Å². The van der Waals surface area contributed by atoms with E-state index < -0.39 is 0 Å². The summed E-state index contributed by atoms with van der Waals surface area (Å²) in [5.41, 5.74) is 5.52. The van der Waals surface area contributed by atoms with Crippen LogP contribution in [0.5, 0.6) is 0 Å². The minimum Gasteiger partial charge on any atom is -0.445 e. The Morgan fingerprint density at radius 2 is 2.12 bits per heavy atom. The first kappa shape index (κ1) is 12.8. The summed E-state index contributed by atoms with van der Waals surface area (Å²) in [7, 11) is 1.71. The molecule has 4 nitrogen and oxygen atoms in total. The number of nitrogens with zero attached hydrogens (tertiary/aromatic N) is 1. The van der Waals surface area contributed by atoms with Crippen LogP contribution in [-0.2, 0) is 4.79 Å². The summed E-state index contributed by atoms with van der Waals surface area (Å²) in [6.07, 6.45) is 1.09. The number of aryl methyl sites for hydroxylation is 1. The van der Waals surface area contributed by atoms with Gasteiger partial charge in [0.2, 0.25) is 11.8 Å². The molecule has 0 saturated carbocycles. The molecule has 0 aliphatic heterocycles. The van der Waals surface area contributed by atoms with Crippen molar-refractivity contribution in [1.82, 2.24) is 0 Å². The lowest BCUT2D eigenvalue weighted by atomic mass is 10.00. The molecule has 2 N–H and O–H groups in total. The zero-order chi connectivity index (χ0) is 12.3. The van der Waals surface area contributed by atoms with Gasteiger partial charge in [0.15, 0.2) is 0 Å². The van der Waals surface area contributed by atoms with Crippen LogP contribution in [0.2, 0.25) is 0 Å². The largest absolute Gasteiger partial charge is 0.445 e. The third-order valence-electron chi connectivity index (χ3n) is 2.41. The summed E-state index contributed by atoms with van der Waals surface area (Å²) in [5.74, 6) is 1.40. The summed E-state index contributed by atoms with van der Waals surface area (Å²) in [6.45, 7) is 5.68. The molecule has 1 aromatic heterocycles. The lowest BCUT2D eigenvalue weighted by Crippen LogP contribution is -2.35. The molecule has 0 aliphatic rings. The molecule has 1 amide bonds. The van der Waals surface area contributed by atoms with Crippen molar-refractivity contribution in [3.8, 4) is 0 Å². The summed E-state index contributed by atoms with van der Waals surface area (Å²) in [6, 6.07) is 3.63. The molecule has 0 spiro atoms. The molecular formula is C12H20N2O2. The lowest BCUT2D eigenvalue weighted by molar-refractivity contribution is -0.118. The van der Waals surface area contributed by atoms with Gasteiger partial charge in [0.25, 0.3) is 0 Å². The first-order valence-electron chi connectivity index (χ1n) is 5.41. The average molecular weight is 224 g/mol. The number of furan rings is 1. The van der Waals surface area contributed by atoms with Crippen molar-refractivity contribution in [2.45, 2.75) is 39.2 Å². The summed E-state index contributed by atoms with van der Waals surface area (Å²) in [4.78, 5) is 13.3. The highest BCUT2D eigenvalue weighted by atomic mass is 16.4. The Morgan fingerprint density at radius 3 is 2.56 bits per heavy atom. The molecule has 1 rings (SSSR count). The van der Waals surface area contributed by atoms with Crippen molar-refractivity contribution >= 4 is 11.8 Å². The third kappa shape index (κ3) is 3.70. The maximum atomic E-state index is 11.8. The predicted octanol–water partition coefficient (Wildman–Crippen LogP) is 2.07. The molecule has 4 heteroatoms. The van der Waals surface area contributed by atoms with E-state index in [9.17, 15) is 4.79 Å². The van der Waals surface area contributed by atoms with Gasteiger partial charge in [0, 0.05) is 25.1 Å². The highest BCUT2D eigenvalue weighted by Crippen LogP contribution is 2.18. The van der Waals surface area contributed by atoms with Crippen LogP contribution in [0.3, 0.4) is 0 Å². The van der Waals surface area contributed by atoms with Crippen molar-refractivity contribution in [1.29, 1.82) is 0 Å². The van der Waals surface area contributed by atoms with Crippen LogP contribution >= 0.6 is 0 Å². The van der Waals surface area contributed by atoms with E-state index in [1.54, 1.807) is 13.1 Å². The number of rotatable bonds is 4. The Morgan fingerprint density at radius 1 is 1.50 bits per heavy atom. The molecule has 0 aliphatic carbocycles. The van der Waals surface area contributed by atoms with Gasteiger partial charge in [-0.2, -0.15) is 0 Å². The molecule has 1 heterocycles. The maximum absolute atomic E-state index is 11.8. The van der Waals surface area contributed by atoms with Gasteiger partial charge in [-0.05, 0) is 33.3 Å². The Bertz CT molecular complexity index is 363. The van der Waals surface area contributed by atoms with E-state index in [0.29, 0.717) is 18.7 Å². The SMILES string of the molecule is Cc1ccc(N(C)C(=O)CCC(C)(C)N)o1. The van der Waals surface area contributed by atoms with Crippen LogP contribution < -0.4 is 10.6 Å². The van der Waals surface area contributed by atoms with Crippen LogP contribution in [0.15, 0.2) is 16.5 Å². The molecule has 90 valence electrons. The zero-order valence-corrected chi connectivity index (χ0v) is 10.4. The smallest absolute Gasteiger partial charge is 0.229 e. The van der Waals surface area contributed by atoms with E-state index in [1.165, 1.54) is 4.90 Å². The quantitative estimate of drug-likeness (QED) is 0.851. The second kappa shape index (κ2) is 4.70. The topological polar surface area (TPSA) is 59.5 Å². The molecule has 0 bridgehead atoms. The minimum absolute atomic E-state index is 0.0212. The third-order valence-corrected chi connectivity index (χ3v) is 2.41. The molecule has 0 aromatic carbocycles. The second-order valence-corrected chi connectivity index (χ2v) is 4.83. The Hall–Kier alpha value is -1.29. The number of hydrogen-bond donors (Lipinski definition) is 1. The number of carbonyl (C=O) groups is 1. The van der Waals surface area contributed by atoms with Crippen LogP contribution in [0.25, 0.3) is 0 Å². The van der Waals surface area contributed by atoms with E-state index in [-0.39, 0.29) is 11.4 Å². The zero-order valence-electron chi connectivity index (χ0n) is 10.4. The minimum atomic E-state index is -0.310. The molecule has 0 saturated heterocycles. The fourth-order valence-corrected chi connectivity index (χ4v) is 1.32. The van der Waals surface area contributed by atoms with E-state index in [2.05, 4.69) is 0 Å². The van der Waals surface area contributed by atoms with E-state index in [0.717, 1.165) is 5.76 Å². The molecule has 16 heavy (non-hydrogen) atoms. The van der Waals surface area contributed by atoms with Gasteiger partial charge in [-0.1, -0.05) is 0 Å². The van der Waals surface area contributed by atoms with Crippen LogP contribution in [-0.4, -0.2) is 18.5 Å². The highest BCUT2D eigenvalue weighted by molar-refractivity contribution is 5.91. The number of hydrogen-bond acceptors (Lipinski definition) is 3. The number of nitrogens with two attached hydrogens (primary N) is 1. The van der Waals surface area contributed by atoms with Crippen LogP contribution in [0, 0.1) is 6.92 Å². The molecule has 0 radical (unpaired) electrons. The number of anilines is 1. The van der Waals surface area contributed by atoms with Gasteiger partial charge >= 0.3 is 0 Å². The first-order chi connectivity index (χ1) is 7.29. The molecule has 0 atom stereocenters. The highest BCUT2D eigenvalue weighted by Gasteiger charge is 2.18. The summed E-state index contributed by atoms with van der Waals surface area (Å²) >= 11 is 0. The van der Waals surface area contributed by atoms with E-state index in [4.69, 9.17) is 10.2 Å². The van der Waals surface area contributed by atoms with Crippen molar-refractivity contribution < 1.29 is 9.21 Å². The van der Waals surface area contributed by atoms with Gasteiger partial charge < -0.3 is 10.2 Å². The van der Waals surface area contributed by atoms with Gasteiger partial charge in [0.1, 0.15) is 5.76 Å². The van der Waals surface area contributed by atoms with E-state index in [1.807, 2.05) is 26.8 Å². The average Bonchev–Trinajstić information content (AvgIpc) is 2.59. The van der Waals surface area contributed by atoms with Gasteiger partial charge in [0.05, 0.1) is 0 Å². The standard InChI is InChI=1S/C12H20N2O2/c1-9-5-6-11(16-9)14(4)10(15)7-8-12(2,3)13/h5-6H,7-8,13H2,1-4H3. The van der Waals surface area contributed by atoms with Crippen molar-refractivity contribution in [2.75, 3.05) is 11.9 Å². The molecule has 1 aromatic rings. The maximum Gasteiger partial charge on any atom is 0.229 e. The number of carbonyl (C=O) groups excluding carboxylic acids is 1. The van der Waals surface area contributed by atoms with Crippen LogP contribution in [0.1, 0.15) is 32.4 Å². The van der Waals surface area contributed by atoms with E-state index >= 15 is 0 Å². The Kier molecular flexibility index (Phi) is 3.75. The second-order valence-electron chi connectivity index (χ2n) is 4.83. The fourth-order valence-electron chi connectivity index (χ4n) is 1.32. The van der Waals surface area contributed by atoms with Gasteiger partial charge in [-0.25, -0.2) is 0 Å².